The summed E-state index contributed by atoms with van der Waals surface area (Å²) < 4.78 is 12.2. The Morgan fingerprint density at radius 2 is 1.86 bits per heavy atom. The summed E-state index contributed by atoms with van der Waals surface area (Å²) in [6, 6.07) is 13.7. The average Bonchev–Trinajstić information content (AvgIpc) is 3.03. The minimum Gasteiger partial charge on any atom is -0.495 e. The zero-order valence-electron chi connectivity index (χ0n) is 15.8. The van der Waals surface area contributed by atoms with E-state index < -0.39 is 5.97 Å². The Labute approximate surface area is 176 Å². The Morgan fingerprint density at radius 3 is 2.52 bits per heavy atom. The normalized spacial score (nSPS) is 10.4. The fourth-order valence-electron chi connectivity index (χ4n) is 2.68. The van der Waals surface area contributed by atoms with Crippen LogP contribution in [0.25, 0.3) is 5.69 Å². The van der Waals surface area contributed by atoms with E-state index in [1.165, 1.54) is 7.11 Å². The number of nitrogens with two attached hydrogens (primary N) is 1. The molecular formula is C20H19N3O4S2. The van der Waals surface area contributed by atoms with Crippen molar-refractivity contribution in [1.82, 2.24) is 4.57 Å². The summed E-state index contributed by atoms with van der Waals surface area (Å²) in [6.07, 6.45) is 0. The Bertz CT molecular complexity index is 1100. The Kier molecular flexibility index (Phi) is 6.30. The number of thiazole rings is 1. The molecule has 9 heteroatoms. The Balaban J connectivity index is 1.89. The third kappa shape index (κ3) is 4.30. The highest BCUT2D eigenvalue weighted by Crippen LogP contribution is 2.29. The quantitative estimate of drug-likeness (QED) is 0.448. The molecule has 1 heterocycles. The van der Waals surface area contributed by atoms with E-state index in [9.17, 15) is 9.59 Å². The number of methoxy groups -OCH3 is 1. The van der Waals surface area contributed by atoms with Gasteiger partial charge in [0, 0.05) is 5.69 Å². The summed E-state index contributed by atoms with van der Waals surface area (Å²) in [5.74, 6) is -0.0314. The van der Waals surface area contributed by atoms with Crippen LogP contribution >= 0.6 is 23.6 Å². The van der Waals surface area contributed by atoms with Gasteiger partial charge in [-0.2, -0.15) is 0 Å². The van der Waals surface area contributed by atoms with Crippen molar-refractivity contribution in [1.29, 1.82) is 0 Å². The molecule has 1 aromatic heterocycles. The zero-order valence-corrected chi connectivity index (χ0v) is 17.4. The van der Waals surface area contributed by atoms with Crippen LogP contribution in [-0.4, -0.2) is 30.2 Å². The van der Waals surface area contributed by atoms with Crippen molar-refractivity contribution in [3.8, 4) is 11.4 Å². The van der Waals surface area contributed by atoms with Gasteiger partial charge in [0.1, 0.15) is 16.4 Å². The monoisotopic (exact) mass is 429 g/mol. The van der Waals surface area contributed by atoms with Crippen molar-refractivity contribution in [3.05, 3.63) is 62.9 Å². The largest absolute Gasteiger partial charge is 0.495 e. The van der Waals surface area contributed by atoms with Crippen molar-refractivity contribution >= 4 is 46.9 Å². The number of carbonyl (C=O) groups excluding carboxylic acids is 2. The molecule has 0 atom stereocenters. The van der Waals surface area contributed by atoms with Crippen LogP contribution in [-0.2, 0) is 4.74 Å². The number of aromatic nitrogens is 1. The molecule has 0 spiro atoms. The second-order valence-electron chi connectivity index (χ2n) is 5.84. The third-order valence-electron chi connectivity index (χ3n) is 4.04. The molecule has 150 valence electrons. The Morgan fingerprint density at radius 1 is 1.17 bits per heavy atom. The fraction of sp³-hybridized carbons (Fsp3) is 0.150. The molecule has 3 N–H and O–H groups in total. The van der Waals surface area contributed by atoms with Gasteiger partial charge < -0.3 is 20.5 Å². The standard InChI is InChI=1S/C20H19N3O4S2/c1-3-27-19(25)12-8-10-13(11-9-12)23-17(21)16(29-20(23)28)18(24)22-14-6-4-5-7-15(14)26-2/h4-11H,3,21H2,1-2H3,(H,22,24). The lowest BCUT2D eigenvalue weighted by molar-refractivity contribution is 0.0526. The molecule has 3 rings (SSSR count). The maximum Gasteiger partial charge on any atom is 0.338 e. The summed E-state index contributed by atoms with van der Waals surface area (Å²) in [7, 11) is 1.53. The minimum atomic E-state index is -0.405. The van der Waals surface area contributed by atoms with Gasteiger partial charge >= 0.3 is 5.97 Å². The number of nitrogens with one attached hydrogen (secondary N) is 1. The number of anilines is 2. The van der Waals surface area contributed by atoms with E-state index in [0.29, 0.717) is 33.2 Å². The second-order valence-corrected chi connectivity index (χ2v) is 7.48. The predicted molar refractivity (Wildman–Crippen MR) is 116 cm³/mol. The molecule has 0 saturated heterocycles. The second kappa shape index (κ2) is 8.89. The first-order valence-corrected chi connectivity index (χ1v) is 9.92. The van der Waals surface area contributed by atoms with Crippen molar-refractivity contribution in [2.24, 2.45) is 0 Å². The number of hydrogen-bond acceptors (Lipinski definition) is 7. The van der Waals surface area contributed by atoms with Crippen molar-refractivity contribution in [3.63, 3.8) is 0 Å². The molecule has 3 aromatic rings. The lowest BCUT2D eigenvalue weighted by atomic mass is 10.2. The van der Waals surface area contributed by atoms with Gasteiger partial charge in [0.2, 0.25) is 0 Å². The number of rotatable bonds is 6. The van der Waals surface area contributed by atoms with E-state index in [1.54, 1.807) is 54.0 Å². The average molecular weight is 430 g/mol. The van der Waals surface area contributed by atoms with Crippen LogP contribution in [0, 0.1) is 3.95 Å². The predicted octanol–water partition coefficient (Wildman–Crippen LogP) is 4.29. The van der Waals surface area contributed by atoms with Crippen molar-refractivity contribution < 1.29 is 19.1 Å². The summed E-state index contributed by atoms with van der Waals surface area (Å²) in [5.41, 5.74) is 7.83. The van der Waals surface area contributed by atoms with E-state index in [1.807, 2.05) is 6.07 Å². The number of hydrogen-bond donors (Lipinski definition) is 2. The van der Waals surface area contributed by atoms with Crippen LogP contribution in [0.3, 0.4) is 0 Å². The van der Waals surface area contributed by atoms with Crippen molar-refractivity contribution in [2.45, 2.75) is 6.92 Å². The van der Waals surface area contributed by atoms with Gasteiger partial charge in [0.05, 0.1) is 25.0 Å². The topological polar surface area (TPSA) is 95.6 Å². The number of benzene rings is 2. The molecule has 0 bridgehead atoms. The molecule has 2 aromatic carbocycles. The van der Waals surface area contributed by atoms with Gasteiger partial charge in [-0.3, -0.25) is 9.36 Å². The molecule has 0 radical (unpaired) electrons. The first kappa shape index (κ1) is 20.6. The summed E-state index contributed by atoms with van der Waals surface area (Å²) in [4.78, 5) is 24.9. The van der Waals surface area contributed by atoms with Crippen LogP contribution < -0.4 is 15.8 Å². The molecule has 0 saturated carbocycles. The van der Waals surface area contributed by atoms with E-state index in [2.05, 4.69) is 5.32 Å². The molecule has 0 unspecified atom stereocenters. The van der Waals surface area contributed by atoms with Gasteiger partial charge in [0.15, 0.2) is 3.95 Å². The van der Waals surface area contributed by atoms with Gasteiger partial charge in [-0.15, -0.1) is 0 Å². The number of carbonyl (C=O) groups is 2. The van der Waals surface area contributed by atoms with Crippen LogP contribution in [0.5, 0.6) is 5.75 Å². The number of amides is 1. The summed E-state index contributed by atoms with van der Waals surface area (Å²) in [6.45, 7) is 2.04. The molecule has 29 heavy (non-hydrogen) atoms. The molecule has 0 aliphatic rings. The van der Waals surface area contributed by atoms with Crippen LogP contribution in [0.1, 0.15) is 27.0 Å². The molecule has 7 nitrogen and oxygen atoms in total. The highest BCUT2D eigenvalue weighted by atomic mass is 32.1. The number of ether oxygens (including phenoxy) is 2. The first-order valence-electron chi connectivity index (χ1n) is 8.69. The molecule has 0 fully saturated rings. The van der Waals surface area contributed by atoms with E-state index in [4.69, 9.17) is 27.4 Å². The molecule has 1 amide bonds. The van der Waals surface area contributed by atoms with E-state index >= 15 is 0 Å². The summed E-state index contributed by atoms with van der Waals surface area (Å²) in [5, 5.41) is 2.79. The highest BCUT2D eigenvalue weighted by Gasteiger charge is 2.19. The minimum absolute atomic E-state index is 0.219. The van der Waals surface area contributed by atoms with E-state index in [0.717, 1.165) is 11.3 Å². The molecule has 0 aliphatic carbocycles. The maximum atomic E-state index is 12.8. The zero-order chi connectivity index (χ0) is 21.0. The van der Waals surface area contributed by atoms with Gasteiger partial charge in [-0.25, -0.2) is 4.79 Å². The van der Waals surface area contributed by atoms with E-state index in [-0.39, 0.29) is 16.6 Å². The maximum absolute atomic E-state index is 12.8. The molecular weight excluding hydrogens is 410 g/mol. The van der Waals surface area contributed by atoms with Crippen molar-refractivity contribution in [2.75, 3.05) is 24.8 Å². The molecule has 0 aliphatic heterocycles. The third-order valence-corrected chi connectivity index (χ3v) is 5.43. The lowest BCUT2D eigenvalue weighted by Gasteiger charge is -2.10. The summed E-state index contributed by atoms with van der Waals surface area (Å²) >= 11 is 6.51. The van der Waals surface area contributed by atoms with Gasteiger partial charge in [-0.1, -0.05) is 23.5 Å². The highest BCUT2D eigenvalue weighted by molar-refractivity contribution is 7.73. The first-order chi connectivity index (χ1) is 14.0. The number of para-hydroxylation sites is 2. The Hall–Kier alpha value is -3.17. The SMILES string of the molecule is CCOC(=O)c1ccc(-n2c(N)c(C(=O)Nc3ccccc3OC)sc2=S)cc1. The van der Waals surface area contributed by atoms with Crippen LogP contribution in [0.4, 0.5) is 11.5 Å². The smallest absolute Gasteiger partial charge is 0.338 e. The number of nitrogens with zero attached hydrogens (tertiary/aromatic N) is 1. The van der Waals surface area contributed by atoms with Gasteiger partial charge in [0.25, 0.3) is 5.91 Å². The number of esters is 1. The number of nitrogen functional groups attached to an aromatic ring is 1. The van der Waals surface area contributed by atoms with Gasteiger partial charge in [-0.05, 0) is 55.5 Å². The van der Waals surface area contributed by atoms with Crippen LogP contribution in [0.2, 0.25) is 0 Å². The fourth-order valence-corrected chi connectivity index (χ4v) is 3.94. The van der Waals surface area contributed by atoms with Crippen LogP contribution in [0.15, 0.2) is 48.5 Å². The lowest BCUT2D eigenvalue weighted by Crippen LogP contribution is -2.14.